The van der Waals surface area contributed by atoms with E-state index < -0.39 is 0 Å². The summed E-state index contributed by atoms with van der Waals surface area (Å²) in [6, 6.07) is 15.6. The normalized spacial score (nSPS) is 16.8. The Balaban J connectivity index is 1.56. The number of benzene rings is 2. The van der Waals surface area contributed by atoms with E-state index in [4.69, 9.17) is 14.1 Å². The molecule has 0 spiro atoms. The maximum atomic E-state index is 13.4. The summed E-state index contributed by atoms with van der Waals surface area (Å²) in [6.07, 6.45) is 2.01. The molecule has 142 valence electrons. The quantitative estimate of drug-likeness (QED) is 0.480. The predicted octanol–water partition coefficient (Wildman–Crippen LogP) is 5.18. The molecule has 0 saturated carbocycles. The molecule has 1 aliphatic heterocycles. The summed E-state index contributed by atoms with van der Waals surface area (Å²) < 4.78 is 12.7. The molecule has 4 aromatic rings. The fourth-order valence-corrected chi connectivity index (χ4v) is 4.70. The maximum absolute atomic E-state index is 13.4. The highest BCUT2D eigenvalue weighted by Crippen LogP contribution is 2.33. The van der Waals surface area contributed by atoms with Gasteiger partial charge in [0.2, 0.25) is 0 Å². The molecule has 3 heterocycles. The van der Waals surface area contributed by atoms with Gasteiger partial charge in [-0.1, -0.05) is 41.7 Å². The van der Waals surface area contributed by atoms with E-state index in [1.54, 1.807) is 11.0 Å². The molecule has 1 aliphatic rings. The second kappa shape index (κ2) is 7.04. The van der Waals surface area contributed by atoms with Crippen molar-refractivity contribution >= 4 is 43.6 Å². The lowest BCUT2D eigenvalue weighted by Gasteiger charge is -2.22. The number of fused-ring (bicyclic) bond motifs is 2. The van der Waals surface area contributed by atoms with Crippen LogP contribution in [0.2, 0.25) is 0 Å². The van der Waals surface area contributed by atoms with Crippen molar-refractivity contribution in [1.82, 2.24) is 4.98 Å². The Bertz CT molecular complexity index is 1120. The minimum Gasteiger partial charge on any atom is -0.451 e. The second-order valence-corrected chi connectivity index (χ2v) is 8.13. The minimum atomic E-state index is -0.177. The van der Waals surface area contributed by atoms with Crippen LogP contribution in [0.1, 0.15) is 29.0 Å². The lowest BCUT2D eigenvalue weighted by atomic mass is 10.2. The van der Waals surface area contributed by atoms with E-state index in [2.05, 4.69) is 0 Å². The van der Waals surface area contributed by atoms with Gasteiger partial charge in [-0.05, 0) is 43.5 Å². The van der Waals surface area contributed by atoms with Crippen LogP contribution in [0.15, 0.2) is 52.9 Å². The van der Waals surface area contributed by atoms with Crippen LogP contribution in [0.4, 0.5) is 5.13 Å². The topological polar surface area (TPSA) is 55.6 Å². The van der Waals surface area contributed by atoms with Crippen molar-refractivity contribution in [2.24, 2.45) is 0 Å². The largest absolute Gasteiger partial charge is 0.451 e. The number of carbonyl (C=O) groups excluding carboxylic acids is 1. The van der Waals surface area contributed by atoms with Crippen LogP contribution in [-0.4, -0.2) is 30.1 Å². The van der Waals surface area contributed by atoms with E-state index in [0.717, 1.165) is 40.6 Å². The molecule has 1 amide bonds. The number of carbonyl (C=O) groups is 1. The molecular weight excluding hydrogens is 372 g/mol. The van der Waals surface area contributed by atoms with E-state index in [1.165, 1.54) is 11.3 Å². The van der Waals surface area contributed by atoms with Crippen molar-refractivity contribution in [3.63, 3.8) is 0 Å². The van der Waals surface area contributed by atoms with Crippen molar-refractivity contribution in [2.75, 3.05) is 18.1 Å². The van der Waals surface area contributed by atoms with Gasteiger partial charge in [0.15, 0.2) is 10.9 Å². The van der Waals surface area contributed by atoms with E-state index in [0.29, 0.717) is 23.0 Å². The Morgan fingerprint density at radius 1 is 1.25 bits per heavy atom. The third kappa shape index (κ3) is 3.08. The molecule has 2 aromatic carbocycles. The van der Waals surface area contributed by atoms with Crippen molar-refractivity contribution in [1.29, 1.82) is 0 Å². The zero-order valence-corrected chi connectivity index (χ0v) is 16.4. The van der Waals surface area contributed by atoms with E-state index >= 15 is 0 Å². The molecule has 1 saturated heterocycles. The number of nitrogens with zero attached hydrogens (tertiary/aromatic N) is 2. The number of para-hydroxylation sites is 2. The molecule has 0 radical (unpaired) electrons. The van der Waals surface area contributed by atoms with Crippen molar-refractivity contribution in [2.45, 2.75) is 25.9 Å². The summed E-state index contributed by atoms with van der Waals surface area (Å²) in [5, 5.41) is 1.60. The standard InChI is InChI=1S/C22H20N2O3S/c1-14-6-4-10-19-20(14)23-22(28-19)24(13-16-8-5-11-26-16)21(25)18-12-15-7-2-3-9-17(15)27-18/h2-4,6-7,9-10,12,16H,5,8,11,13H2,1H3/t16-/m0/s1. The maximum Gasteiger partial charge on any atom is 0.295 e. The first-order valence-corrected chi connectivity index (χ1v) is 10.3. The van der Waals surface area contributed by atoms with Gasteiger partial charge in [0.1, 0.15) is 5.58 Å². The average molecular weight is 392 g/mol. The molecule has 5 nitrogen and oxygen atoms in total. The van der Waals surface area contributed by atoms with Gasteiger partial charge in [-0.25, -0.2) is 4.98 Å². The third-order valence-corrected chi connectivity index (χ3v) is 6.18. The van der Waals surface area contributed by atoms with Gasteiger partial charge in [-0.3, -0.25) is 9.69 Å². The van der Waals surface area contributed by atoms with Crippen LogP contribution in [0.25, 0.3) is 21.2 Å². The molecule has 0 N–H and O–H groups in total. The Kier molecular flexibility index (Phi) is 4.37. The summed E-state index contributed by atoms with van der Waals surface area (Å²) in [5.41, 5.74) is 2.76. The molecule has 2 aromatic heterocycles. The van der Waals surface area contributed by atoms with Crippen LogP contribution in [0.5, 0.6) is 0 Å². The second-order valence-electron chi connectivity index (χ2n) is 7.12. The number of hydrogen-bond donors (Lipinski definition) is 0. The summed E-state index contributed by atoms with van der Waals surface area (Å²) in [4.78, 5) is 19.9. The van der Waals surface area contributed by atoms with Gasteiger partial charge in [-0.15, -0.1) is 0 Å². The Morgan fingerprint density at radius 2 is 2.14 bits per heavy atom. The Morgan fingerprint density at radius 3 is 2.93 bits per heavy atom. The van der Waals surface area contributed by atoms with E-state index in [-0.39, 0.29) is 12.0 Å². The average Bonchev–Trinajstić information content (AvgIpc) is 3.44. The zero-order valence-electron chi connectivity index (χ0n) is 15.6. The Labute approximate surface area is 166 Å². The summed E-state index contributed by atoms with van der Waals surface area (Å²) in [7, 11) is 0. The molecule has 0 bridgehead atoms. The first kappa shape index (κ1) is 17.4. The zero-order chi connectivity index (χ0) is 19.1. The number of anilines is 1. The predicted molar refractivity (Wildman–Crippen MR) is 111 cm³/mol. The van der Waals surface area contributed by atoms with Crippen LogP contribution in [0, 0.1) is 6.92 Å². The molecular formula is C22H20N2O3S. The van der Waals surface area contributed by atoms with Gasteiger partial charge in [-0.2, -0.15) is 0 Å². The van der Waals surface area contributed by atoms with Gasteiger partial charge < -0.3 is 9.15 Å². The van der Waals surface area contributed by atoms with E-state index in [1.807, 2.05) is 49.4 Å². The minimum absolute atomic E-state index is 0.0291. The lowest BCUT2D eigenvalue weighted by Crippen LogP contribution is -2.37. The van der Waals surface area contributed by atoms with E-state index in [9.17, 15) is 4.79 Å². The molecule has 0 unspecified atom stereocenters. The van der Waals surface area contributed by atoms with Crippen LogP contribution < -0.4 is 4.90 Å². The van der Waals surface area contributed by atoms with Crippen molar-refractivity contribution < 1.29 is 13.9 Å². The number of amides is 1. The summed E-state index contributed by atoms with van der Waals surface area (Å²) in [6.45, 7) is 3.27. The number of ether oxygens (including phenoxy) is 1. The van der Waals surface area contributed by atoms with Gasteiger partial charge in [0.25, 0.3) is 5.91 Å². The Hall–Kier alpha value is -2.70. The number of rotatable bonds is 4. The monoisotopic (exact) mass is 392 g/mol. The first-order chi connectivity index (χ1) is 13.7. The van der Waals surface area contributed by atoms with Crippen molar-refractivity contribution in [3.8, 4) is 0 Å². The molecule has 5 rings (SSSR count). The highest BCUT2D eigenvalue weighted by molar-refractivity contribution is 7.22. The van der Waals surface area contributed by atoms with Crippen LogP contribution in [-0.2, 0) is 4.74 Å². The number of thiazole rings is 1. The number of aromatic nitrogens is 1. The fraction of sp³-hybridized carbons (Fsp3) is 0.273. The fourth-order valence-electron chi connectivity index (χ4n) is 3.65. The van der Waals surface area contributed by atoms with Gasteiger partial charge >= 0.3 is 0 Å². The summed E-state index contributed by atoms with van der Waals surface area (Å²) in [5.74, 6) is 0.151. The smallest absolute Gasteiger partial charge is 0.295 e. The third-order valence-electron chi connectivity index (χ3n) is 5.13. The highest BCUT2D eigenvalue weighted by atomic mass is 32.1. The van der Waals surface area contributed by atoms with Crippen LogP contribution >= 0.6 is 11.3 Å². The van der Waals surface area contributed by atoms with Crippen molar-refractivity contribution in [3.05, 3.63) is 59.9 Å². The highest BCUT2D eigenvalue weighted by Gasteiger charge is 2.29. The summed E-state index contributed by atoms with van der Waals surface area (Å²) >= 11 is 1.53. The molecule has 28 heavy (non-hydrogen) atoms. The van der Waals surface area contributed by atoms with Gasteiger partial charge in [0, 0.05) is 12.0 Å². The molecule has 1 atom stereocenters. The molecule has 1 fully saturated rings. The number of hydrogen-bond acceptors (Lipinski definition) is 5. The molecule has 0 aliphatic carbocycles. The number of aryl methyl sites for hydroxylation is 1. The van der Waals surface area contributed by atoms with Gasteiger partial charge in [0.05, 0.1) is 22.9 Å². The van der Waals surface area contributed by atoms with Crippen LogP contribution in [0.3, 0.4) is 0 Å². The SMILES string of the molecule is Cc1cccc2sc(N(C[C@@H]3CCCO3)C(=O)c3cc4ccccc4o3)nc12. The lowest BCUT2D eigenvalue weighted by molar-refractivity contribution is 0.0896. The number of furan rings is 1. The molecule has 6 heteroatoms. The first-order valence-electron chi connectivity index (χ1n) is 9.47.